The number of rotatable bonds is 0. The SMILES string of the molecule is CC1(C)[C@H]2C[C@@H]3c4[nH]c5ccccc5c4CCC(=O)C3[C@@H]1C2. The Hall–Kier alpha value is -1.57. The molecule has 0 aliphatic heterocycles. The van der Waals surface area contributed by atoms with Gasteiger partial charge in [-0.05, 0) is 48.1 Å². The largest absolute Gasteiger partial charge is 0.358 e. The van der Waals surface area contributed by atoms with Crippen LogP contribution in [0, 0.1) is 23.2 Å². The summed E-state index contributed by atoms with van der Waals surface area (Å²) in [5, 5.41) is 1.34. The molecule has 3 fully saturated rings. The minimum absolute atomic E-state index is 0.259. The number of H-pyrrole nitrogens is 1. The molecule has 0 amide bonds. The summed E-state index contributed by atoms with van der Waals surface area (Å²) in [7, 11) is 0. The van der Waals surface area contributed by atoms with Gasteiger partial charge in [0.05, 0.1) is 0 Å². The summed E-state index contributed by atoms with van der Waals surface area (Å²) in [5.74, 6) is 2.61. The number of hydrogen-bond donors (Lipinski definition) is 1. The van der Waals surface area contributed by atoms with Crippen LogP contribution < -0.4 is 0 Å². The maximum Gasteiger partial charge on any atom is 0.137 e. The van der Waals surface area contributed by atoms with E-state index in [4.69, 9.17) is 0 Å². The lowest BCUT2D eigenvalue weighted by Gasteiger charge is -2.62. The van der Waals surface area contributed by atoms with Crippen LogP contribution in [0.3, 0.4) is 0 Å². The molecule has 1 unspecified atom stereocenters. The number of aryl methyl sites for hydroxylation is 1. The van der Waals surface area contributed by atoms with Crippen molar-refractivity contribution in [3.63, 3.8) is 0 Å². The van der Waals surface area contributed by atoms with E-state index >= 15 is 0 Å². The van der Waals surface area contributed by atoms with Crippen molar-refractivity contribution in [1.82, 2.24) is 4.98 Å². The van der Waals surface area contributed by atoms with Gasteiger partial charge in [-0.2, -0.15) is 0 Å². The summed E-state index contributed by atoms with van der Waals surface area (Å²) in [4.78, 5) is 16.6. The second kappa shape index (κ2) is 4.04. The van der Waals surface area contributed by atoms with Crippen molar-refractivity contribution in [2.24, 2.45) is 23.2 Å². The van der Waals surface area contributed by atoms with Gasteiger partial charge in [0.2, 0.25) is 0 Å². The molecule has 4 aliphatic rings. The van der Waals surface area contributed by atoms with E-state index in [2.05, 4.69) is 43.1 Å². The predicted molar refractivity (Wildman–Crippen MR) is 87.9 cm³/mol. The van der Waals surface area contributed by atoms with Gasteiger partial charge in [-0.25, -0.2) is 0 Å². The fourth-order valence-electron chi connectivity index (χ4n) is 5.77. The zero-order valence-corrected chi connectivity index (χ0v) is 13.4. The molecule has 6 rings (SSSR count). The second-order valence-electron chi connectivity index (χ2n) is 8.26. The van der Waals surface area contributed by atoms with Crippen molar-refractivity contribution < 1.29 is 4.79 Å². The average Bonchev–Trinajstić information content (AvgIpc) is 2.83. The van der Waals surface area contributed by atoms with Gasteiger partial charge in [0.15, 0.2) is 0 Å². The Balaban J connectivity index is 1.69. The molecular weight excluding hydrogens is 270 g/mol. The van der Waals surface area contributed by atoms with Gasteiger partial charge in [-0.15, -0.1) is 0 Å². The van der Waals surface area contributed by atoms with E-state index in [1.807, 2.05) is 0 Å². The summed E-state index contributed by atoms with van der Waals surface area (Å²) in [6.45, 7) is 4.76. The van der Waals surface area contributed by atoms with E-state index in [1.165, 1.54) is 35.0 Å². The summed E-state index contributed by atoms with van der Waals surface area (Å²) in [6, 6.07) is 8.60. The van der Waals surface area contributed by atoms with Crippen molar-refractivity contribution in [3.8, 4) is 0 Å². The number of aromatic amines is 1. The van der Waals surface area contributed by atoms with Crippen LogP contribution in [0.5, 0.6) is 0 Å². The molecule has 22 heavy (non-hydrogen) atoms. The lowest BCUT2D eigenvalue weighted by Crippen LogP contribution is -2.56. The molecule has 1 N–H and O–H groups in total. The first-order chi connectivity index (χ1) is 10.6. The van der Waals surface area contributed by atoms with Crippen LogP contribution in [0.1, 0.15) is 50.3 Å². The highest BCUT2D eigenvalue weighted by atomic mass is 16.1. The maximum atomic E-state index is 12.9. The molecule has 0 saturated heterocycles. The predicted octanol–water partition coefficient (Wildman–Crippen LogP) is 4.45. The standard InChI is InChI=1S/C20H23NO/c1-20(2)11-9-14-18(15(20)10-11)17(22)8-7-13-12-5-3-4-6-16(12)21-19(13)14/h3-6,11,14-15,18,21H,7-10H2,1-2H3/t11-,14-,15-,18?/m0/s1. The number of fused-ring (bicyclic) bond motifs is 3. The van der Waals surface area contributed by atoms with Crippen LogP contribution in [-0.4, -0.2) is 10.8 Å². The summed E-state index contributed by atoms with van der Waals surface area (Å²) >= 11 is 0. The highest BCUT2D eigenvalue weighted by Gasteiger charge is 2.60. The smallest absolute Gasteiger partial charge is 0.137 e. The third kappa shape index (κ3) is 1.44. The minimum atomic E-state index is 0.259. The Morgan fingerprint density at radius 2 is 1.95 bits per heavy atom. The van der Waals surface area contributed by atoms with Crippen molar-refractivity contribution in [3.05, 3.63) is 35.5 Å². The van der Waals surface area contributed by atoms with E-state index in [-0.39, 0.29) is 5.92 Å². The number of para-hydroxylation sites is 1. The van der Waals surface area contributed by atoms with Gasteiger partial charge in [0.25, 0.3) is 0 Å². The number of carbonyl (C=O) groups is 1. The molecule has 0 radical (unpaired) electrons. The molecule has 0 spiro atoms. The number of benzene rings is 1. The molecule has 2 bridgehead atoms. The highest BCUT2D eigenvalue weighted by molar-refractivity contribution is 5.89. The molecular formula is C20H23NO. The molecule has 4 aliphatic carbocycles. The average molecular weight is 293 g/mol. The fraction of sp³-hybridized carbons (Fsp3) is 0.550. The highest BCUT2D eigenvalue weighted by Crippen LogP contribution is 2.66. The first kappa shape index (κ1) is 12.9. The summed E-state index contributed by atoms with van der Waals surface area (Å²) < 4.78 is 0. The number of hydrogen-bond acceptors (Lipinski definition) is 1. The Bertz CT molecular complexity index is 784. The first-order valence-corrected chi connectivity index (χ1v) is 8.69. The number of Topliss-reactive ketones (excluding diaryl/α,β-unsaturated/α-hetero) is 1. The first-order valence-electron chi connectivity index (χ1n) is 8.69. The van der Waals surface area contributed by atoms with Gasteiger partial charge < -0.3 is 4.98 Å². The second-order valence-corrected chi connectivity index (χ2v) is 8.26. The Morgan fingerprint density at radius 3 is 2.77 bits per heavy atom. The Labute approximate surface area is 131 Å². The van der Waals surface area contributed by atoms with E-state index in [1.54, 1.807) is 0 Å². The molecule has 2 heteroatoms. The van der Waals surface area contributed by atoms with Crippen molar-refractivity contribution in [2.45, 2.75) is 45.4 Å². The monoisotopic (exact) mass is 293 g/mol. The van der Waals surface area contributed by atoms with Crippen molar-refractivity contribution >= 4 is 16.7 Å². The molecule has 3 saturated carbocycles. The molecule has 1 heterocycles. The van der Waals surface area contributed by atoms with Crippen molar-refractivity contribution in [1.29, 1.82) is 0 Å². The van der Waals surface area contributed by atoms with Gasteiger partial charge in [-0.3, -0.25) is 4.79 Å². The van der Waals surface area contributed by atoms with Crippen LogP contribution in [0.15, 0.2) is 24.3 Å². The topological polar surface area (TPSA) is 32.9 Å². The minimum Gasteiger partial charge on any atom is -0.358 e. The lowest BCUT2D eigenvalue weighted by atomic mass is 9.42. The molecule has 1 aromatic carbocycles. The molecule has 2 aromatic rings. The van der Waals surface area contributed by atoms with Crippen LogP contribution in [0.25, 0.3) is 10.9 Å². The summed E-state index contributed by atoms with van der Waals surface area (Å²) in [5.41, 5.74) is 4.43. The van der Waals surface area contributed by atoms with Crippen LogP contribution in [-0.2, 0) is 11.2 Å². The quantitative estimate of drug-likeness (QED) is 0.765. The van der Waals surface area contributed by atoms with E-state index in [9.17, 15) is 4.79 Å². The third-order valence-electron chi connectivity index (χ3n) is 7.16. The van der Waals surface area contributed by atoms with Gasteiger partial charge in [0, 0.05) is 34.9 Å². The van der Waals surface area contributed by atoms with Crippen LogP contribution >= 0.6 is 0 Å². The normalized spacial score (nSPS) is 35.5. The maximum absolute atomic E-state index is 12.9. The Kier molecular flexibility index (Phi) is 2.37. The van der Waals surface area contributed by atoms with Crippen LogP contribution in [0.2, 0.25) is 0 Å². The summed E-state index contributed by atoms with van der Waals surface area (Å²) in [6.07, 6.45) is 4.12. The number of carbonyl (C=O) groups excluding carboxylic acids is 1. The van der Waals surface area contributed by atoms with E-state index < -0.39 is 0 Å². The molecule has 1 aromatic heterocycles. The Morgan fingerprint density at radius 1 is 1.14 bits per heavy atom. The van der Waals surface area contributed by atoms with Gasteiger partial charge in [0.1, 0.15) is 5.78 Å². The number of aromatic nitrogens is 1. The third-order valence-corrected chi connectivity index (χ3v) is 7.16. The molecule has 2 nitrogen and oxygen atoms in total. The van der Waals surface area contributed by atoms with Gasteiger partial charge in [-0.1, -0.05) is 32.0 Å². The van der Waals surface area contributed by atoms with Gasteiger partial charge >= 0.3 is 0 Å². The zero-order chi connectivity index (χ0) is 15.1. The number of ketones is 1. The van der Waals surface area contributed by atoms with Crippen molar-refractivity contribution in [2.75, 3.05) is 0 Å². The van der Waals surface area contributed by atoms with Crippen LogP contribution in [0.4, 0.5) is 0 Å². The molecule has 114 valence electrons. The molecule has 4 atom stereocenters. The van der Waals surface area contributed by atoms with E-state index in [0.717, 1.165) is 18.8 Å². The number of nitrogens with one attached hydrogen (secondary N) is 1. The zero-order valence-electron chi connectivity index (χ0n) is 13.4. The fourth-order valence-corrected chi connectivity index (χ4v) is 5.77. The lowest BCUT2D eigenvalue weighted by molar-refractivity contribution is -0.150. The van der Waals surface area contributed by atoms with E-state index in [0.29, 0.717) is 23.0 Å².